The second-order valence-corrected chi connectivity index (χ2v) is 8.68. The largest absolute Gasteiger partial charge is 0.347 e. The van der Waals surface area contributed by atoms with Gasteiger partial charge in [0.05, 0.1) is 10.7 Å². The van der Waals surface area contributed by atoms with Gasteiger partial charge in [-0.05, 0) is 29.8 Å². The molecule has 0 saturated heterocycles. The molecule has 30 heavy (non-hydrogen) atoms. The van der Waals surface area contributed by atoms with Crippen molar-refractivity contribution < 1.29 is 0 Å². The molecule has 9 heteroatoms. The van der Waals surface area contributed by atoms with Crippen LogP contribution < -0.4 is 5.32 Å². The first-order chi connectivity index (χ1) is 14.5. The van der Waals surface area contributed by atoms with Crippen LogP contribution in [0, 0.1) is 0 Å². The van der Waals surface area contributed by atoms with E-state index in [2.05, 4.69) is 20.5 Å². The summed E-state index contributed by atoms with van der Waals surface area (Å²) in [7, 11) is 0. The van der Waals surface area contributed by atoms with Crippen molar-refractivity contribution in [2.24, 2.45) is 10.2 Å². The fraction of sp³-hybridized carbons (Fsp3) is 0. The summed E-state index contributed by atoms with van der Waals surface area (Å²) in [6.45, 7) is 0. The number of halogens is 4. The first-order valence-corrected chi connectivity index (χ1v) is 11.0. The molecule has 4 aromatic rings. The summed E-state index contributed by atoms with van der Waals surface area (Å²) in [6.07, 6.45) is 0. The number of thiophene rings is 1. The predicted molar refractivity (Wildman–Crippen MR) is 128 cm³/mol. The molecule has 0 fully saturated rings. The van der Waals surface area contributed by atoms with E-state index in [1.165, 1.54) is 11.3 Å². The highest BCUT2D eigenvalue weighted by Crippen LogP contribution is 2.50. The molecule has 0 atom stereocenters. The first-order valence-electron chi connectivity index (χ1n) is 8.65. The maximum absolute atomic E-state index is 6.72. The van der Waals surface area contributed by atoms with Crippen LogP contribution in [-0.2, 0) is 0 Å². The van der Waals surface area contributed by atoms with Gasteiger partial charge in [-0.25, -0.2) is 4.98 Å². The van der Waals surface area contributed by atoms with Crippen molar-refractivity contribution in [2.45, 2.75) is 0 Å². The summed E-state index contributed by atoms with van der Waals surface area (Å²) in [5.74, 6) is 0. The fourth-order valence-electron chi connectivity index (χ4n) is 2.69. The molecular formula is C21H12Cl4N4S. The van der Waals surface area contributed by atoms with Crippen molar-refractivity contribution in [1.29, 1.82) is 0 Å². The van der Waals surface area contributed by atoms with Crippen LogP contribution in [0.1, 0.15) is 0 Å². The van der Waals surface area contributed by atoms with Gasteiger partial charge in [0.1, 0.15) is 15.3 Å². The van der Waals surface area contributed by atoms with Gasteiger partial charge in [0.2, 0.25) is 0 Å². The standard InChI is InChI=1S/C21H12Cl4N4S/c22-13-8-6-12(7-9-13)18-19(25)21(29-28-15-10-16(23)27-17(24)11-15)30-20(18)26-14-4-2-1-3-5-14/h1-11,26H. The van der Waals surface area contributed by atoms with Crippen LogP contribution in [0.15, 0.2) is 77.0 Å². The number of anilines is 2. The minimum Gasteiger partial charge on any atom is -0.347 e. The number of nitrogens with zero attached hydrogens (tertiary/aromatic N) is 3. The van der Waals surface area contributed by atoms with Crippen molar-refractivity contribution in [3.63, 3.8) is 0 Å². The lowest BCUT2D eigenvalue weighted by Crippen LogP contribution is -1.89. The lowest BCUT2D eigenvalue weighted by molar-refractivity contribution is 1.22. The van der Waals surface area contributed by atoms with Crippen LogP contribution in [0.4, 0.5) is 21.4 Å². The molecule has 4 rings (SSSR count). The molecule has 0 bridgehead atoms. The molecule has 1 N–H and O–H groups in total. The van der Waals surface area contributed by atoms with Gasteiger partial charge in [0, 0.05) is 28.4 Å². The Morgan fingerprint density at radius 2 is 1.47 bits per heavy atom. The molecule has 0 amide bonds. The van der Waals surface area contributed by atoms with Crippen molar-refractivity contribution in [1.82, 2.24) is 4.98 Å². The van der Waals surface area contributed by atoms with Crippen molar-refractivity contribution in [2.75, 3.05) is 5.32 Å². The van der Waals surface area contributed by atoms with Gasteiger partial charge in [-0.3, -0.25) is 0 Å². The van der Waals surface area contributed by atoms with E-state index in [1.54, 1.807) is 12.1 Å². The van der Waals surface area contributed by atoms with Gasteiger partial charge >= 0.3 is 0 Å². The van der Waals surface area contributed by atoms with Crippen molar-refractivity contribution in [3.05, 3.63) is 87.1 Å². The van der Waals surface area contributed by atoms with E-state index in [1.807, 2.05) is 54.6 Å². The van der Waals surface area contributed by atoms with E-state index in [9.17, 15) is 0 Å². The summed E-state index contributed by atoms with van der Waals surface area (Å²) < 4.78 is 0. The Morgan fingerprint density at radius 1 is 0.800 bits per heavy atom. The van der Waals surface area contributed by atoms with Crippen LogP contribution in [-0.4, -0.2) is 4.98 Å². The minimum absolute atomic E-state index is 0.238. The van der Waals surface area contributed by atoms with Crippen LogP contribution in [0.25, 0.3) is 11.1 Å². The van der Waals surface area contributed by atoms with E-state index in [-0.39, 0.29) is 10.3 Å². The molecule has 0 saturated carbocycles. The zero-order valence-electron chi connectivity index (χ0n) is 15.1. The zero-order chi connectivity index (χ0) is 21.1. The van der Waals surface area contributed by atoms with E-state index < -0.39 is 0 Å². The fourth-order valence-corrected chi connectivity index (χ4v) is 4.64. The smallest absolute Gasteiger partial charge is 0.160 e. The molecule has 2 heterocycles. The summed E-state index contributed by atoms with van der Waals surface area (Å²) in [5.41, 5.74) is 3.15. The molecule has 0 spiro atoms. The number of azo groups is 1. The quantitative estimate of drug-likeness (QED) is 0.222. The topological polar surface area (TPSA) is 49.6 Å². The van der Waals surface area contributed by atoms with Crippen molar-refractivity contribution >= 4 is 79.1 Å². The molecule has 4 nitrogen and oxygen atoms in total. The lowest BCUT2D eigenvalue weighted by atomic mass is 10.1. The number of hydrogen-bond donors (Lipinski definition) is 1. The highest BCUT2D eigenvalue weighted by atomic mass is 35.5. The third-order valence-corrected chi connectivity index (χ3v) is 6.11. The van der Waals surface area contributed by atoms with Crippen LogP contribution in [0.2, 0.25) is 20.4 Å². The Morgan fingerprint density at radius 3 is 2.13 bits per heavy atom. The van der Waals surface area contributed by atoms with Gasteiger partial charge < -0.3 is 5.32 Å². The average Bonchev–Trinajstić information content (AvgIpc) is 3.02. The molecule has 0 unspecified atom stereocenters. The normalized spacial score (nSPS) is 11.2. The number of aromatic nitrogens is 1. The summed E-state index contributed by atoms with van der Waals surface area (Å²) >= 11 is 26.0. The zero-order valence-corrected chi connectivity index (χ0v) is 19.0. The minimum atomic E-state index is 0.238. The van der Waals surface area contributed by atoms with Gasteiger partial charge in [-0.15, -0.1) is 10.2 Å². The van der Waals surface area contributed by atoms with E-state index in [0.29, 0.717) is 20.7 Å². The molecular weight excluding hydrogens is 482 g/mol. The molecule has 0 aliphatic rings. The van der Waals surface area contributed by atoms with Gasteiger partial charge in [-0.1, -0.05) is 88.1 Å². The van der Waals surface area contributed by atoms with Crippen LogP contribution >= 0.6 is 57.7 Å². The molecule has 2 aromatic carbocycles. The second-order valence-electron chi connectivity index (χ2n) is 6.09. The Hall–Kier alpha value is -2.15. The number of nitrogens with one attached hydrogen (secondary N) is 1. The van der Waals surface area contributed by atoms with E-state index >= 15 is 0 Å². The Balaban J connectivity index is 1.76. The van der Waals surface area contributed by atoms with E-state index in [4.69, 9.17) is 46.4 Å². The van der Waals surface area contributed by atoms with Crippen LogP contribution in [0.3, 0.4) is 0 Å². The SMILES string of the molecule is Clc1ccc(-c2c(Nc3ccccc3)sc(N=Nc3cc(Cl)nc(Cl)c3)c2Cl)cc1. The Labute approximate surface area is 197 Å². The molecule has 0 aliphatic carbocycles. The second kappa shape index (κ2) is 9.33. The lowest BCUT2D eigenvalue weighted by Gasteiger charge is -2.08. The Kier molecular flexibility index (Phi) is 6.56. The van der Waals surface area contributed by atoms with Gasteiger partial charge in [0.15, 0.2) is 5.00 Å². The third kappa shape index (κ3) is 4.94. The number of rotatable bonds is 5. The predicted octanol–water partition coefficient (Wildman–Crippen LogP) is 9.58. The van der Waals surface area contributed by atoms with Crippen LogP contribution in [0.5, 0.6) is 0 Å². The van der Waals surface area contributed by atoms with E-state index in [0.717, 1.165) is 21.8 Å². The number of benzene rings is 2. The first kappa shape index (κ1) is 21.1. The molecule has 150 valence electrons. The average molecular weight is 494 g/mol. The maximum Gasteiger partial charge on any atom is 0.160 e. The number of para-hydroxylation sites is 1. The van der Waals surface area contributed by atoms with Gasteiger partial charge in [-0.2, -0.15) is 0 Å². The summed E-state index contributed by atoms with van der Waals surface area (Å²) in [5, 5.41) is 14.9. The maximum atomic E-state index is 6.72. The summed E-state index contributed by atoms with van der Waals surface area (Å²) in [6, 6.07) is 20.4. The van der Waals surface area contributed by atoms with Gasteiger partial charge in [0.25, 0.3) is 0 Å². The summed E-state index contributed by atoms with van der Waals surface area (Å²) in [4.78, 5) is 3.90. The highest BCUT2D eigenvalue weighted by molar-refractivity contribution is 7.21. The van der Waals surface area contributed by atoms with Crippen molar-refractivity contribution in [3.8, 4) is 11.1 Å². The third-order valence-electron chi connectivity index (χ3n) is 4.00. The molecule has 0 radical (unpaired) electrons. The monoisotopic (exact) mass is 492 g/mol. The number of hydrogen-bond acceptors (Lipinski definition) is 5. The molecule has 2 aromatic heterocycles. The molecule has 0 aliphatic heterocycles. The highest BCUT2D eigenvalue weighted by Gasteiger charge is 2.19. The number of pyridine rings is 1. The Bertz CT molecular complexity index is 1190.